The van der Waals surface area contributed by atoms with Gasteiger partial charge in [-0.1, -0.05) is 48.5 Å². The highest BCUT2D eigenvalue weighted by atomic mass is 16.5. The van der Waals surface area contributed by atoms with E-state index in [1.807, 2.05) is 48.5 Å². The normalized spacial score (nSPS) is 25.6. The van der Waals surface area contributed by atoms with Gasteiger partial charge in [-0.25, -0.2) is 4.79 Å². The van der Waals surface area contributed by atoms with Crippen molar-refractivity contribution in [3.05, 3.63) is 70.9 Å². The van der Waals surface area contributed by atoms with Crippen molar-refractivity contribution >= 4 is 16.7 Å². The molecule has 3 unspecified atom stereocenters. The molecule has 0 aromatic heterocycles. The summed E-state index contributed by atoms with van der Waals surface area (Å²) in [5, 5.41) is 22.3. The lowest BCUT2D eigenvalue weighted by Crippen LogP contribution is -2.49. The molecule has 150 valence electrons. The van der Waals surface area contributed by atoms with Crippen molar-refractivity contribution in [2.45, 2.75) is 32.1 Å². The van der Waals surface area contributed by atoms with E-state index in [4.69, 9.17) is 10.5 Å². The molecular formula is C25H23N3O2. The Kier molecular flexibility index (Phi) is 5.06. The molecule has 0 fully saturated rings. The van der Waals surface area contributed by atoms with Gasteiger partial charge in [0.05, 0.1) is 23.9 Å². The van der Waals surface area contributed by atoms with E-state index in [9.17, 15) is 15.3 Å². The first-order chi connectivity index (χ1) is 14.6. The van der Waals surface area contributed by atoms with Gasteiger partial charge in [-0.2, -0.15) is 10.5 Å². The number of carbonyl (C=O) groups excluding carboxylic acids is 1. The Labute approximate surface area is 176 Å². The first kappa shape index (κ1) is 19.7. The van der Waals surface area contributed by atoms with Gasteiger partial charge in [0.2, 0.25) is 5.41 Å². The summed E-state index contributed by atoms with van der Waals surface area (Å²) < 4.78 is 5.38. The molecule has 4 rings (SSSR count). The topological polar surface area (TPSA) is 99.9 Å². The number of nitriles is 2. The molecule has 2 aliphatic rings. The number of allylic oxidation sites excluding steroid dienone is 3. The van der Waals surface area contributed by atoms with Crippen LogP contribution in [0.1, 0.15) is 37.7 Å². The third-order valence-corrected chi connectivity index (χ3v) is 6.38. The number of benzene rings is 2. The number of rotatable bonds is 3. The van der Waals surface area contributed by atoms with Crippen molar-refractivity contribution in [1.29, 1.82) is 10.5 Å². The summed E-state index contributed by atoms with van der Waals surface area (Å²) in [5.74, 6) is -1.37. The predicted octanol–water partition coefficient (Wildman–Crippen LogP) is 4.47. The van der Waals surface area contributed by atoms with Gasteiger partial charge in [-0.3, -0.25) is 0 Å². The Bertz CT molecular complexity index is 1160. The van der Waals surface area contributed by atoms with Gasteiger partial charge >= 0.3 is 5.97 Å². The van der Waals surface area contributed by atoms with E-state index in [1.165, 1.54) is 0 Å². The predicted molar refractivity (Wildman–Crippen MR) is 114 cm³/mol. The van der Waals surface area contributed by atoms with E-state index >= 15 is 0 Å². The van der Waals surface area contributed by atoms with Gasteiger partial charge in [-0.05, 0) is 54.0 Å². The molecule has 0 saturated heterocycles. The van der Waals surface area contributed by atoms with Crippen LogP contribution in [0.2, 0.25) is 0 Å². The molecule has 0 heterocycles. The highest BCUT2D eigenvalue weighted by Crippen LogP contribution is 2.57. The van der Waals surface area contributed by atoms with Crippen molar-refractivity contribution in [1.82, 2.24) is 0 Å². The molecule has 5 heteroatoms. The third kappa shape index (κ3) is 2.70. The van der Waals surface area contributed by atoms with Crippen LogP contribution in [0, 0.1) is 34.0 Å². The highest BCUT2D eigenvalue weighted by Gasteiger charge is 2.59. The maximum Gasteiger partial charge on any atom is 0.333 e. The van der Waals surface area contributed by atoms with E-state index in [1.54, 1.807) is 6.92 Å². The van der Waals surface area contributed by atoms with E-state index in [0.717, 1.165) is 41.2 Å². The minimum absolute atomic E-state index is 0.00767. The fraction of sp³-hybridized carbons (Fsp3) is 0.320. The fourth-order valence-electron chi connectivity index (χ4n) is 5.11. The zero-order chi connectivity index (χ0) is 21.3. The number of carbonyl (C=O) groups is 1. The highest BCUT2D eigenvalue weighted by molar-refractivity contribution is 5.91. The molecule has 0 amide bonds. The van der Waals surface area contributed by atoms with Gasteiger partial charge in [0, 0.05) is 5.92 Å². The van der Waals surface area contributed by atoms with Crippen molar-refractivity contribution in [3.63, 3.8) is 0 Å². The maximum atomic E-state index is 13.3. The van der Waals surface area contributed by atoms with Crippen LogP contribution < -0.4 is 5.73 Å². The van der Waals surface area contributed by atoms with E-state index < -0.39 is 17.3 Å². The maximum absolute atomic E-state index is 13.3. The molecular weight excluding hydrogens is 374 g/mol. The number of nitrogens with two attached hydrogens (primary N) is 1. The summed E-state index contributed by atoms with van der Waals surface area (Å²) in [6.07, 6.45) is 4.61. The number of hydrogen-bond donors (Lipinski definition) is 1. The SMILES string of the molecule is CCOC(=O)C1(C#N)C(N)=C(C#N)C2=CCCCC2C1c1cccc2ccccc12. The third-order valence-electron chi connectivity index (χ3n) is 6.38. The quantitative estimate of drug-likeness (QED) is 0.770. The molecule has 2 aromatic rings. The zero-order valence-corrected chi connectivity index (χ0v) is 16.9. The summed E-state index contributed by atoms with van der Waals surface area (Å²) in [7, 11) is 0. The molecule has 2 N–H and O–H groups in total. The lowest BCUT2D eigenvalue weighted by Gasteiger charge is -2.45. The second-order valence-corrected chi connectivity index (χ2v) is 7.78. The van der Waals surface area contributed by atoms with Gasteiger partial charge in [0.1, 0.15) is 6.07 Å². The molecule has 0 spiro atoms. The minimum atomic E-state index is -1.75. The van der Waals surface area contributed by atoms with Crippen molar-refractivity contribution in [2.24, 2.45) is 17.1 Å². The minimum Gasteiger partial charge on any atom is -0.464 e. The summed E-state index contributed by atoms with van der Waals surface area (Å²) in [6, 6.07) is 18.2. The Balaban J connectivity index is 2.10. The molecule has 0 aliphatic heterocycles. The molecule has 3 atom stereocenters. The van der Waals surface area contributed by atoms with Crippen LogP contribution in [-0.4, -0.2) is 12.6 Å². The van der Waals surface area contributed by atoms with Gasteiger partial charge in [0.15, 0.2) is 0 Å². The van der Waals surface area contributed by atoms with Crippen LogP contribution in [0.3, 0.4) is 0 Å². The molecule has 0 saturated carbocycles. The summed E-state index contributed by atoms with van der Waals surface area (Å²) in [6.45, 7) is 1.84. The molecule has 0 bridgehead atoms. The van der Waals surface area contributed by atoms with Crippen LogP contribution in [0.5, 0.6) is 0 Å². The molecule has 2 aliphatic carbocycles. The van der Waals surface area contributed by atoms with Crippen LogP contribution in [0.15, 0.2) is 65.4 Å². The number of esters is 1. The second-order valence-electron chi connectivity index (χ2n) is 7.78. The largest absolute Gasteiger partial charge is 0.464 e. The number of fused-ring (bicyclic) bond motifs is 2. The number of ether oxygens (including phenoxy) is 1. The number of nitrogens with zero attached hydrogens (tertiary/aromatic N) is 2. The molecule has 0 radical (unpaired) electrons. The van der Waals surface area contributed by atoms with Gasteiger partial charge in [0.25, 0.3) is 0 Å². The van der Waals surface area contributed by atoms with Gasteiger partial charge in [-0.15, -0.1) is 0 Å². The molecule has 5 nitrogen and oxygen atoms in total. The van der Waals surface area contributed by atoms with E-state index in [0.29, 0.717) is 0 Å². The van der Waals surface area contributed by atoms with Gasteiger partial charge < -0.3 is 10.5 Å². The summed E-state index contributed by atoms with van der Waals surface area (Å²) in [4.78, 5) is 13.3. The molecule has 2 aromatic carbocycles. The lowest BCUT2D eigenvalue weighted by molar-refractivity contribution is -0.152. The average molecular weight is 397 g/mol. The van der Waals surface area contributed by atoms with Crippen molar-refractivity contribution < 1.29 is 9.53 Å². The van der Waals surface area contributed by atoms with Crippen LogP contribution >= 0.6 is 0 Å². The van der Waals surface area contributed by atoms with Crippen molar-refractivity contribution in [2.75, 3.05) is 6.61 Å². The number of hydrogen-bond acceptors (Lipinski definition) is 5. The standard InChI is InChI=1S/C25H23N3O2/c1-2-30-24(29)25(15-27)22(19-13-7-9-16-8-3-4-10-17(16)19)20-12-6-5-11-18(20)21(14-26)23(25)28/h3-4,7-11,13,20,22H,2,5-6,12,28H2,1H3. The molecule has 30 heavy (non-hydrogen) atoms. The van der Waals surface area contributed by atoms with Crippen molar-refractivity contribution in [3.8, 4) is 12.1 Å². The Morgan fingerprint density at radius 3 is 2.73 bits per heavy atom. The summed E-state index contributed by atoms with van der Waals surface area (Å²) >= 11 is 0. The first-order valence-corrected chi connectivity index (χ1v) is 10.3. The summed E-state index contributed by atoms with van der Waals surface area (Å²) in [5.41, 5.74) is 6.74. The van der Waals surface area contributed by atoms with E-state index in [2.05, 4.69) is 12.1 Å². The van der Waals surface area contributed by atoms with Crippen LogP contribution in [0.25, 0.3) is 10.8 Å². The fourth-order valence-corrected chi connectivity index (χ4v) is 5.11. The monoisotopic (exact) mass is 397 g/mol. The Morgan fingerprint density at radius 2 is 2.00 bits per heavy atom. The first-order valence-electron chi connectivity index (χ1n) is 10.3. The smallest absolute Gasteiger partial charge is 0.333 e. The van der Waals surface area contributed by atoms with Crippen LogP contribution in [0.4, 0.5) is 0 Å². The Hall–Kier alpha value is -3.57. The van der Waals surface area contributed by atoms with E-state index in [-0.39, 0.29) is 23.8 Å². The zero-order valence-electron chi connectivity index (χ0n) is 16.9. The second kappa shape index (κ2) is 7.69. The lowest BCUT2D eigenvalue weighted by atomic mass is 9.55. The van der Waals surface area contributed by atoms with Crippen LogP contribution in [-0.2, 0) is 9.53 Å². The Morgan fingerprint density at radius 1 is 1.23 bits per heavy atom. The average Bonchev–Trinajstić information content (AvgIpc) is 2.78.